The molecule has 0 N–H and O–H groups in total. The maximum atomic E-state index is 12.7. The molecule has 0 amide bonds. The highest BCUT2D eigenvalue weighted by atomic mass is 16.6. The SMILES string of the molecule is CCOC(=O)COc1cccc(CC2=C(C)C(=O)C(OC)=C(OC)C2=O)c1. The van der Waals surface area contributed by atoms with E-state index in [9.17, 15) is 14.4 Å². The molecule has 0 aromatic heterocycles. The van der Waals surface area contributed by atoms with Gasteiger partial charge in [0.15, 0.2) is 6.61 Å². The number of hydrogen-bond acceptors (Lipinski definition) is 7. The highest BCUT2D eigenvalue weighted by Gasteiger charge is 2.34. The summed E-state index contributed by atoms with van der Waals surface area (Å²) < 4.78 is 20.3. The molecule has 0 saturated carbocycles. The minimum absolute atomic E-state index is 0.0877. The molecule has 1 aliphatic rings. The first-order valence-corrected chi connectivity index (χ1v) is 8.41. The predicted octanol–water partition coefficient (Wildman–Crippen LogP) is 2.14. The van der Waals surface area contributed by atoms with Gasteiger partial charge in [-0.25, -0.2) is 4.79 Å². The minimum atomic E-state index is -0.462. The van der Waals surface area contributed by atoms with Crippen LogP contribution in [0.5, 0.6) is 5.75 Å². The van der Waals surface area contributed by atoms with Crippen molar-refractivity contribution in [2.75, 3.05) is 27.4 Å². The Hall–Kier alpha value is -3.09. The summed E-state index contributed by atoms with van der Waals surface area (Å²) in [6.45, 7) is 3.38. The van der Waals surface area contributed by atoms with Gasteiger partial charge in [0.1, 0.15) is 5.75 Å². The second-order valence-electron chi connectivity index (χ2n) is 5.75. The van der Waals surface area contributed by atoms with Gasteiger partial charge in [-0.2, -0.15) is 0 Å². The summed E-state index contributed by atoms with van der Waals surface area (Å²) in [6, 6.07) is 6.95. The number of carbonyl (C=O) groups excluding carboxylic acids is 3. The third-order valence-electron chi connectivity index (χ3n) is 4.04. The van der Waals surface area contributed by atoms with Crippen molar-refractivity contribution in [3.05, 3.63) is 52.5 Å². The Bertz CT molecular complexity index is 817. The summed E-state index contributed by atoms with van der Waals surface area (Å²) in [5.74, 6) is -0.944. The number of Topliss-reactive ketones (excluding diaryl/α,β-unsaturated/α-hetero) is 2. The lowest BCUT2D eigenvalue weighted by Gasteiger charge is -2.20. The first kappa shape index (κ1) is 20.2. The first-order valence-electron chi connectivity index (χ1n) is 8.41. The van der Waals surface area contributed by atoms with Crippen LogP contribution in [-0.2, 0) is 35.0 Å². The van der Waals surface area contributed by atoms with Crippen LogP contribution < -0.4 is 4.74 Å². The van der Waals surface area contributed by atoms with Gasteiger partial charge in [-0.1, -0.05) is 12.1 Å². The largest absolute Gasteiger partial charge is 0.489 e. The number of ether oxygens (including phenoxy) is 4. The second kappa shape index (κ2) is 9.02. The van der Waals surface area contributed by atoms with Crippen molar-refractivity contribution in [2.24, 2.45) is 0 Å². The average molecular weight is 374 g/mol. The van der Waals surface area contributed by atoms with Crippen LogP contribution in [-0.4, -0.2) is 45.0 Å². The monoisotopic (exact) mass is 374 g/mol. The zero-order valence-corrected chi connectivity index (χ0v) is 15.8. The molecule has 0 spiro atoms. The molecule has 0 radical (unpaired) electrons. The van der Waals surface area contributed by atoms with Gasteiger partial charge < -0.3 is 18.9 Å². The lowest BCUT2D eigenvalue weighted by atomic mass is 9.89. The maximum Gasteiger partial charge on any atom is 0.344 e. The minimum Gasteiger partial charge on any atom is -0.489 e. The molecule has 0 atom stereocenters. The number of esters is 1. The normalized spacial score (nSPS) is 14.4. The van der Waals surface area contributed by atoms with E-state index in [1.165, 1.54) is 14.2 Å². The van der Waals surface area contributed by atoms with Crippen molar-refractivity contribution in [1.29, 1.82) is 0 Å². The molecule has 0 unspecified atom stereocenters. The lowest BCUT2D eigenvalue weighted by molar-refractivity contribution is -0.145. The molecule has 27 heavy (non-hydrogen) atoms. The molecular weight excluding hydrogens is 352 g/mol. The number of allylic oxidation sites excluding steroid dienone is 2. The van der Waals surface area contributed by atoms with Gasteiger partial charge in [-0.3, -0.25) is 9.59 Å². The summed E-state index contributed by atoms with van der Waals surface area (Å²) in [6.07, 6.45) is 0.219. The lowest BCUT2D eigenvalue weighted by Crippen LogP contribution is -2.26. The van der Waals surface area contributed by atoms with E-state index >= 15 is 0 Å². The number of benzene rings is 1. The van der Waals surface area contributed by atoms with Gasteiger partial charge >= 0.3 is 5.97 Å². The molecule has 0 bridgehead atoms. The van der Waals surface area contributed by atoms with Crippen LogP contribution in [0.4, 0.5) is 0 Å². The third kappa shape index (κ3) is 4.55. The zero-order valence-electron chi connectivity index (χ0n) is 15.8. The molecule has 2 rings (SSSR count). The van der Waals surface area contributed by atoms with Gasteiger partial charge in [0.25, 0.3) is 0 Å². The van der Waals surface area contributed by atoms with Gasteiger partial charge in [0.05, 0.1) is 20.8 Å². The summed E-state index contributed by atoms with van der Waals surface area (Å²) in [5.41, 5.74) is 1.40. The molecule has 0 heterocycles. The molecular formula is C20H22O7. The molecule has 144 valence electrons. The number of methoxy groups -OCH3 is 2. The van der Waals surface area contributed by atoms with Crippen LogP contribution in [0.3, 0.4) is 0 Å². The highest BCUT2D eigenvalue weighted by molar-refractivity contribution is 6.23. The Balaban J connectivity index is 2.20. The van der Waals surface area contributed by atoms with Gasteiger partial charge in [-0.15, -0.1) is 0 Å². The van der Waals surface area contributed by atoms with E-state index in [2.05, 4.69) is 0 Å². The van der Waals surface area contributed by atoms with Crippen LogP contribution in [0.2, 0.25) is 0 Å². The number of ketones is 2. The fraction of sp³-hybridized carbons (Fsp3) is 0.350. The van der Waals surface area contributed by atoms with Crippen molar-refractivity contribution < 1.29 is 33.3 Å². The molecule has 1 aromatic carbocycles. The fourth-order valence-electron chi connectivity index (χ4n) is 2.70. The highest BCUT2D eigenvalue weighted by Crippen LogP contribution is 2.28. The van der Waals surface area contributed by atoms with Crippen LogP contribution in [0, 0.1) is 0 Å². The number of hydrogen-bond donors (Lipinski definition) is 0. The van der Waals surface area contributed by atoms with Crippen molar-refractivity contribution >= 4 is 17.5 Å². The Morgan fingerprint density at radius 2 is 1.70 bits per heavy atom. The van der Waals surface area contributed by atoms with Crippen LogP contribution in [0.25, 0.3) is 0 Å². The third-order valence-corrected chi connectivity index (χ3v) is 4.04. The topological polar surface area (TPSA) is 88.1 Å². The Morgan fingerprint density at radius 1 is 1.04 bits per heavy atom. The summed E-state index contributed by atoms with van der Waals surface area (Å²) >= 11 is 0. The van der Waals surface area contributed by atoms with Gasteiger partial charge in [0.2, 0.25) is 23.1 Å². The summed E-state index contributed by atoms with van der Waals surface area (Å²) in [5, 5.41) is 0. The van der Waals surface area contributed by atoms with Crippen LogP contribution in [0.1, 0.15) is 19.4 Å². The van der Waals surface area contributed by atoms with E-state index in [0.717, 1.165) is 5.56 Å². The second-order valence-corrected chi connectivity index (χ2v) is 5.75. The first-order chi connectivity index (χ1) is 12.9. The average Bonchev–Trinajstić information content (AvgIpc) is 2.66. The molecule has 0 fully saturated rings. The number of carbonyl (C=O) groups is 3. The van der Waals surface area contributed by atoms with Crippen molar-refractivity contribution in [2.45, 2.75) is 20.3 Å². The molecule has 1 aromatic rings. The molecule has 0 aliphatic heterocycles. The Labute approximate surface area is 157 Å². The summed E-state index contributed by atoms with van der Waals surface area (Å²) in [4.78, 5) is 36.5. The Morgan fingerprint density at radius 3 is 2.33 bits per heavy atom. The fourth-order valence-corrected chi connectivity index (χ4v) is 2.70. The molecule has 7 heteroatoms. The molecule has 7 nitrogen and oxygen atoms in total. The van der Waals surface area contributed by atoms with Crippen molar-refractivity contribution in [3.8, 4) is 5.75 Å². The van der Waals surface area contributed by atoms with Crippen LogP contribution >= 0.6 is 0 Å². The van der Waals surface area contributed by atoms with E-state index in [1.54, 1.807) is 38.1 Å². The van der Waals surface area contributed by atoms with Crippen molar-refractivity contribution in [1.82, 2.24) is 0 Å². The Kier molecular flexibility index (Phi) is 6.76. The van der Waals surface area contributed by atoms with E-state index in [4.69, 9.17) is 18.9 Å². The van der Waals surface area contributed by atoms with E-state index in [0.29, 0.717) is 16.9 Å². The number of rotatable bonds is 8. The van der Waals surface area contributed by atoms with E-state index in [-0.39, 0.29) is 42.7 Å². The van der Waals surface area contributed by atoms with Crippen molar-refractivity contribution in [3.63, 3.8) is 0 Å². The summed E-state index contributed by atoms with van der Waals surface area (Å²) in [7, 11) is 2.64. The zero-order chi connectivity index (χ0) is 20.0. The van der Waals surface area contributed by atoms with Gasteiger partial charge in [0, 0.05) is 17.6 Å². The van der Waals surface area contributed by atoms with Gasteiger partial charge in [-0.05, 0) is 31.5 Å². The maximum absolute atomic E-state index is 12.7. The molecule has 0 saturated heterocycles. The quantitative estimate of drug-likeness (QED) is 0.509. The standard InChI is InChI=1S/C20H22O7/c1-5-26-16(21)11-27-14-8-6-7-13(9-14)10-15-12(2)17(22)19(24-3)20(25-4)18(15)23/h6-9H,5,10-11H2,1-4H3. The van der Waals surface area contributed by atoms with Crippen LogP contribution in [0.15, 0.2) is 46.9 Å². The smallest absolute Gasteiger partial charge is 0.344 e. The van der Waals surface area contributed by atoms with E-state index < -0.39 is 5.97 Å². The van der Waals surface area contributed by atoms with E-state index in [1.807, 2.05) is 0 Å². The predicted molar refractivity (Wildman–Crippen MR) is 96.0 cm³/mol. The molecule has 1 aliphatic carbocycles.